The third kappa shape index (κ3) is 5.62. The molecule has 0 bridgehead atoms. The first-order valence-electron chi connectivity index (χ1n) is 9.95. The molecule has 0 fully saturated rings. The number of carbonyl (C=O) groups excluding carboxylic acids is 2. The van der Waals surface area contributed by atoms with Crippen LogP contribution in [-0.2, 0) is 19.1 Å². The van der Waals surface area contributed by atoms with Crippen LogP contribution in [0.15, 0.2) is 24.3 Å². The lowest BCUT2D eigenvalue weighted by Gasteiger charge is -2.23. The Bertz CT molecular complexity index is 559. The van der Waals surface area contributed by atoms with E-state index in [1.54, 1.807) is 24.3 Å². The van der Waals surface area contributed by atoms with Crippen LogP contribution in [-0.4, -0.2) is 30.9 Å². The topological polar surface area (TPSA) is 71.1 Å². The summed E-state index contributed by atoms with van der Waals surface area (Å²) in [5.41, 5.74) is 0. The van der Waals surface area contributed by atoms with Crippen LogP contribution in [0, 0.1) is 0 Å². The van der Waals surface area contributed by atoms with Crippen molar-refractivity contribution in [3.63, 3.8) is 0 Å². The van der Waals surface area contributed by atoms with Gasteiger partial charge < -0.3 is 18.9 Å². The van der Waals surface area contributed by atoms with Gasteiger partial charge in [-0.1, -0.05) is 64.5 Å². The number of fused-ring (bicyclic) bond motifs is 1. The van der Waals surface area contributed by atoms with E-state index in [2.05, 4.69) is 13.8 Å². The minimum atomic E-state index is -2.21. The molecule has 6 heteroatoms. The zero-order valence-electron chi connectivity index (χ0n) is 16.3. The fourth-order valence-corrected chi connectivity index (χ4v) is 2.78. The van der Waals surface area contributed by atoms with Crippen LogP contribution in [0.3, 0.4) is 0 Å². The Morgan fingerprint density at radius 2 is 1.22 bits per heavy atom. The smallest absolute Gasteiger partial charge is 0.453 e. The lowest BCUT2D eigenvalue weighted by molar-refractivity contribution is -0.202. The maximum absolute atomic E-state index is 12.7. The van der Waals surface area contributed by atoms with E-state index < -0.39 is 17.7 Å². The Morgan fingerprint density at radius 1 is 0.778 bits per heavy atom. The molecule has 0 unspecified atom stereocenters. The first-order valence-corrected chi connectivity index (χ1v) is 9.95. The normalized spacial score (nSPS) is 14.0. The van der Waals surface area contributed by atoms with Crippen LogP contribution in [0.1, 0.15) is 65.2 Å². The van der Waals surface area contributed by atoms with Gasteiger partial charge in [0.2, 0.25) is 0 Å². The summed E-state index contributed by atoms with van der Waals surface area (Å²) in [4.78, 5) is 25.3. The van der Waals surface area contributed by atoms with Crippen LogP contribution in [0.25, 0.3) is 0 Å². The molecule has 0 amide bonds. The lowest BCUT2D eigenvalue weighted by atomic mass is 10.2. The molecule has 27 heavy (non-hydrogen) atoms. The van der Waals surface area contributed by atoms with E-state index in [9.17, 15) is 9.59 Å². The van der Waals surface area contributed by atoms with Crippen molar-refractivity contribution in [1.82, 2.24) is 0 Å². The zero-order chi connectivity index (χ0) is 19.5. The number of hydrogen-bond acceptors (Lipinski definition) is 6. The maximum Gasteiger partial charge on any atom is 0.453 e. The fraction of sp³-hybridized carbons (Fsp3) is 0.619. The summed E-state index contributed by atoms with van der Waals surface area (Å²) in [7, 11) is 0. The lowest BCUT2D eigenvalue weighted by Crippen LogP contribution is -2.56. The first-order chi connectivity index (χ1) is 13.1. The van der Waals surface area contributed by atoms with Gasteiger partial charge in [0.25, 0.3) is 0 Å². The Morgan fingerprint density at radius 3 is 1.63 bits per heavy atom. The zero-order valence-corrected chi connectivity index (χ0v) is 16.3. The minimum absolute atomic E-state index is 0.216. The average molecular weight is 378 g/mol. The Labute approximate surface area is 161 Å². The van der Waals surface area contributed by atoms with Crippen molar-refractivity contribution in [3.8, 4) is 11.5 Å². The van der Waals surface area contributed by atoms with Gasteiger partial charge in [-0.25, -0.2) is 9.59 Å². The number of para-hydroxylation sites is 2. The molecule has 1 aliphatic rings. The van der Waals surface area contributed by atoms with Crippen molar-refractivity contribution >= 4 is 11.9 Å². The quantitative estimate of drug-likeness (QED) is 0.305. The second-order valence-electron chi connectivity index (χ2n) is 6.66. The Balaban J connectivity index is 1.99. The highest BCUT2D eigenvalue weighted by molar-refractivity contribution is 6.03. The van der Waals surface area contributed by atoms with Crippen molar-refractivity contribution in [1.29, 1.82) is 0 Å². The predicted molar refractivity (Wildman–Crippen MR) is 101 cm³/mol. The Hall–Kier alpha value is -2.24. The molecule has 0 atom stereocenters. The van der Waals surface area contributed by atoms with E-state index >= 15 is 0 Å². The number of unbranched alkanes of at least 4 members (excludes halogenated alkanes) is 6. The van der Waals surface area contributed by atoms with E-state index in [0.29, 0.717) is 11.5 Å². The summed E-state index contributed by atoms with van der Waals surface area (Å²) in [6, 6.07) is 6.76. The highest BCUT2D eigenvalue weighted by Crippen LogP contribution is 2.40. The van der Waals surface area contributed by atoms with Gasteiger partial charge in [-0.2, -0.15) is 0 Å². The third-order valence-electron chi connectivity index (χ3n) is 4.36. The number of esters is 2. The van der Waals surface area contributed by atoms with Gasteiger partial charge in [-0.15, -0.1) is 0 Å². The number of rotatable bonds is 12. The van der Waals surface area contributed by atoms with Gasteiger partial charge >= 0.3 is 17.7 Å². The van der Waals surface area contributed by atoms with Crippen LogP contribution < -0.4 is 9.47 Å². The molecule has 1 heterocycles. The van der Waals surface area contributed by atoms with Gasteiger partial charge in [0.1, 0.15) is 0 Å². The summed E-state index contributed by atoms with van der Waals surface area (Å²) in [5.74, 6) is -3.30. The van der Waals surface area contributed by atoms with Gasteiger partial charge in [-0.05, 0) is 25.0 Å². The highest BCUT2D eigenvalue weighted by atomic mass is 16.8. The molecule has 0 aliphatic carbocycles. The molecule has 1 aliphatic heterocycles. The second-order valence-corrected chi connectivity index (χ2v) is 6.66. The highest BCUT2D eigenvalue weighted by Gasteiger charge is 2.59. The standard InChI is InChI=1S/C21H30O6/c1-3-5-7-11-15-24-19(22)21(20(23)25-16-12-8-6-4-2)26-17-13-9-10-14-18(17)27-21/h9-10,13-14H,3-8,11-12,15-16H2,1-2H3. The molecule has 6 nitrogen and oxygen atoms in total. The largest absolute Gasteiger partial charge is 0.459 e. The van der Waals surface area contributed by atoms with Gasteiger partial charge in [0, 0.05) is 0 Å². The van der Waals surface area contributed by atoms with E-state index in [4.69, 9.17) is 18.9 Å². The molecule has 0 aromatic heterocycles. The van der Waals surface area contributed by atoms with Gasteiger partial charge in [0.05, 0.1) is 13.2 Å². The number of benzene rings is 1. The molecular weight excluding hydrogens is 348 g/mol. The molecule has 0 saturated carbocycles. The van der Waals surface area contributed by atoms with Crippen molar-refractivity contribution < 1.29 is 28.5 Å². The number of ether oxygens (including phenoxy) is 4. The number of hydrogen-bond donors (Lipinski definition) is 0. The van der Waals surface area contributed by atoms with Crippen LogP contribution in [0.5, 0.6) is 11.5 Å². The molecule has 2 rings (SSSR count). The van der Waals surface area contributed by atoms with Gasteiger partial charge in [-0.3, -0.25) is 0 Å². The minimum Gasteiger partial charge on any atom is -0.459 e. The summed E-state index contributed by atoms with van der Waals surface area (Å²) >= 11 is 0. The second kappa shape index (κ2) is 10.8. The maximum atomic E-state index is 12.7. The molecule has 0 N–H and O–H groups in total. The molecule has 0 radical (unpaired) electrons. The number of carbonyl (C=O) groups is 2. The summed E-state index contributed by atoms with van der Waals surface area (Å²) in [5, 5.41) is 0. The SMILES string of the molecule is CCCCCCOC(=O)C1(C(=O)OCCCCCC)Oc2ccccc2O1. The summed E-state index contributed by atoms with van der Waals surface area (Å²) in [6.45, 7) is 4.64. The molecule has 1 aromatic rings. The van der Waals surface area contributed by atoms with E-state index in [1.165, 1.54) is 0 Å². The van der Waals surface area contributed by atoms with Crippen molar-refractivity contribution in [2.45, 2.75) is 71.0 Å². The first kappa shape index (κ1) is 21.1. The van der Waals surface area contributed by atoms with E-state index in [0.717, 1.165) is 51.4 Å². The van der Waals surface area contributed by atoms with Crippen molar-refractivity contribution in [2.24, 2.45) is 0 Å². The van der Waals surface area contributed by atoms with Crippen molar-refractivity contribution in [3.05, 3.63) is 24.3 Å². The molecule has 150 valence electrons. The summed E-state index contributed by atoms with van der Waals surface area (Å²) < 4.78 is 21.8. The predicted octanol–water partition coefficient (Wildman–Crippen LogP) is 4.40. The van der Waals surface area contributed by atoms with Crippen molar-refractivity contribution in [2.75, 3.05) is 13.2 Å². The molecule has 1 aromatic carbocycles. The van der Waals surface area contributed by atoms with Crippen LogP contribution in [0.4, 0.5) is 0 Å². The monoisotopic (exact) mass is 378 g/mol. The summed E-state index contributed by atoms with van der Waals surface area (Å²) in [6.07, 6.45) is 7.69. The third-order valence-corrected chi connectivity index (χ3v) is 4.36. The molecule has 0 saturated heterocycles. The average Bonchev–Trinajstić information content (AvgIpc) is 3.08. The molecule has 0 spiro atoms. The fourth-order valence-electron chi connectivity index (χ4n) is 2.78. The van der Waals surface area contributed by atoms with E-state index in [-0.39, 0.29) is 13.2 Å². The van der Waals surface area contributed by atoms with Crippen LogP contribution in [0.2, 0.25) is 0 Å². The van der Waals surface area contributed by atoms with Crippen LogP contribution >= 0.6 is 0 Å². The van der Waals surface area contributed by atoms with E-state index in [1.807, 2.05) is 0 Å². The van der Waals surface area contributed by atoms with Gasteiger partial charge in [0.15, 0.2) is 11.5 Å². The molecular formula is C21H30O6. The Kier molecular flexibility index (Phi) is 8.43.